The molecule has 2 aliphatic heterocycles. The van der Waals surface area contributed by atoms with Crippen LogP contribution in [-0.4, -0.2) is 41.5 Å². The minimum Gasteiger partial charge on any atom is -0.387 e. The first kappa shape index (κ1) is 24.7. The molecule has 0 aliphatic carbocycles. The van der Waals surface area contributed by atoms with Gasteiger partial charge >= 0.3 is 0 Å². The van der Waals surface area contributed by atoms with Gasteiger partial charge in [-0.2, -0.15) is 0 Å². The van der Waals surface area contributed by atoms with Gasteiger partial charge in [0, 0.05) is 43.6 Å². The van der Waals surface area contributed by atoms with Crippen molar-refractivity contribution in [1.82, 2.24) is 10.2 Å². The zero-order valence-electron chi connectivity index (χ0n) is 20.0. The van der Waals surface area contributed by atoms with Crippen LogP contribution in [0.2, 0.25) is 0 Å². The first-order valence-electron chi connectivity index (χ1n) is 11.2. The van der Waals surface area contributed by atoms with Crippen molar-refractivity contribution in [3.8, 4) is 0 Å². The second-order valence-corrected chi connectivity index (χ2v) is 8.96. The van der Waals surface area contributed by atoms with Gasteiger partial charge in [0.15, 0.2) is 11.4 Å². The Kier molecular flexibility index (Phi) is 8.42. The first-order valence-corrected chi connectivity index (χ1v) is 12.0. The van der Waals surface area contributed by atoms with Crippen LogP contribution in [0.4, 0.5) is 5.69 Å². The summed E-state index contributed by atoms with van der Waals surface area (Å²) < 4.78 is 0. The first-order chi connectivity index (χ1) is 15.9. The Morgan fingerprint density at radius 3 is 2.76 bits per heavy atom. The van der Waals surface area contributed by atoms with Gasteiger partial charge in [0.05, 0.1) is 10.6 Å². The molecule has 174 valence electrons. The Labute approximate surface area is 202 Å². The molecule has 6 heteroatoms. The van der Waals surface area contributed by atoms with E-state index in [1.54, 1.807) is 12.2 Å². The number of aliphatic imine (C=N–C) groups is 1. The third-order valence-electron chi connectivity index (χ3n) is 5.77. The molecule has 0 spiro atoms. The molecule has 1 unspecified atom stereocenters. The highest BCUT2D eigenvalue weighted by Gasteiger charge is 2.37. The summed E-state index contributed by atoms with van der Waals surface area (Å²) in [5.41, 5.74) is 6.25. The molecule has 1 fully saturated rings. The van der Waals surface area contributed by atoms with Crippen molar-refractivity contribution in [1.29, 1.82) is 0 Å². The van der Waals surface area contributed by atoms with Crippen LogP contribution in [0.1, 0.15) is 32.8 Å². The molecule has 2 aliphatic rings. The molecule has 3 rings (SSSR count). The van der Waals surface area contributed by atoms with Gasteiger partial charge in [-0.3, -0.25) is 0 Å². The van der Waals surface area contributed by atoms with E-state index in [0.29, 0.717) is 6.54 Å². The monoisotopic (exact) mass is 462 g/mol. The Balaban J connectivity index is 2.08. The molecular formula is C27H34N4OS. The van der Waals surface area contributed by atoms with Gasteiger partial charge in [-0.05, 0) is 49.7 Å². The van der Waals surface area contributed by atoms with Gasteiger partial charge in [0.25, 0.3) is 0 Å². The molecule has 0 bridgehead atoms. The lowest BCUT2D eigenvalue weighted by atomic mass is 10.1. The van der Waals surface area contributed by atoms with E-state index in [1.807, 2.05) is 37.0 Å². The van der Waals surface area contributed by atoms with Gasteiger partial charge in [-0.15, -0.1) is 0 Å². The fraction of sp³-hybridized carbons (Fsp3) is 0.296. The number of nitrogens with zero attached hydrogens (tertiary/aromatic N) is 3. The van der Waals surface area contributed by atoms with E-state index in [1.165, 1.54) is 17.3 Å². The van der Waals surface area contributed by atoms with Crippen LogP contribution >= 0.6 is 11.8 Å². The normalized spacial score (nSPS) is 22.8. The van der Waals surface area contributed by atoms with E-state index >= 15 is 0 Å². The fourth-order valence-corrected chi connectivity index (χ4v) is 5.07. The SMILES string of the molecule is C=C/C=C(\C=C)CN1C(=N/C(C)=C(/C)NCC)S/C(=C2/CC=Cc3ccccc3N2C)C1O. The number of rotatable bonds is 7. The lowest BCUT2D eigenvalue weighted by Gasteiger charge is -2.26. The highest BCUT2D eigenvalue weighted by molar-refractivity contribution is 8.17. The second-order valence-electron chi connectivity index (χ2n) is 7.96. The maximum atomic E-state index is 11.5. The number of para-hydroxylation sites is 1. The summed E-state index contributed by atoms with van der Waals surface area (Å²) in [5, 5.41) is 15.6. The van der Waals surface area contributed by atoms with E-state index in [9.17, 15) is 5.11 Å². The van der Waals surface area contributed by atoms with Gasteiger partial charge in [-0.1, -0.05) is 61.7 Å². The van der Waals surface area contributed by atoms with Crippen molar-refractivity contribution in [3.05, 3.63) is 94.9 Å². The summed E-state index contributed by atoms with van der Waals surface area (Å²) in [6.07, 6.45) is 9.68. The molecule has 1 saturated heterocycles. The second kappa shape index (κ2) is 11.3. The molecule has 0 saturated carbocycles. The smallest absolute Gasteiger partial charge is 0.171 e. The van der Waals surface area contributed by atoms with Crippen LogP contribution in [-0.2, 0) is 0 Å². The number of aliphatic hydroxyl groups excluding tert-OH is 1. The zero-order chi connectivity index (χ0) is 24.0. The molecule has 5 nitrogen and oxygen atoms in total. The molecule has 2 heterocycles. The summed E-state index contributed by atoms with van der Waals surface area (Å²) >= 11 is 1.54. The quantitative estimate of drug-likeness (QED) is 0.514. The molecule has 1 atom stereocenters. The molecule has 1 aromatic carbocycles. The number of nitrogens with one attached hydrogen (secondary N) is 1. The fourth-order valence-electron chi connectivity index (χ4n) is 3.84. The van der Waals surface area contributed by atoms with E-state index in [-0.39, 0.29) is 0 Å². The molecular weight excluding hydrogens is 428 g/mol. The highest BCUT2D eigenvalue weighted by atomic mass is 32.2. The number of fused-ring (bicyclic) bond motifs is 1. The Hall–Kier alpha value is -2.96. The largest absolute Gasteiger partial charge is 0.387 e. The molecule has 0 radical (unpaired) electrons. The maximum absolute atomic E-state index is 11.5. The van der Waals surface area contributed by atoms with Gasteiger partial charge in [0.1, 0.15) is 0 Å². The summed E-state index contributed by atoms with van der Waals surface area (Å²) in [7, 11) is 2.06. The third-order valence-corrected chi connectivity index (χ3v) is 6.94. The number of amidine groups is 1. The van der Waals surface area contributed by atoms with E-state index < -0.39 is 6.23 Å². The maximum Gasteiger partial charge on any atom is 0.171 e. The standard InChI is InChI=1S/C27H34N4OS/c1-7-13-21(8-2)18-31-26(32)25(33-27(31)29-20(5)19(4)28-9-3)24-17-12-15-22-14-10-11-16-23(22)30(24)6/h7-8,10-16,26,28,32H,1-2,9,17-18H2,3-6H3/b20-19-,21-13+,25-24-,29-27?. The number of aliphatic hydroxyl groups is 1. The van der Waals surface area contributed by atoms with Crippen LogP contribution in [0.25, 0.3) is 6.08 Å². The minimum atomic E-state index is -0.801. The number of hydrogen-bond acceptors (Lipinski definition) is 5. The number of allylic oxidation sites excluding steroid dienone is 5. The highest BCUT2D eigenvalue weighted by Crippen LogP contribution is 2.41. The Morgan fingerprint density at radius 2 is 2.06 bits per heavy atom. The Bertz CT molecular complexity index is 1060. The van der Waals surface area contributed by atoms with Gasteiger partial charge < -0.3 is 20.2 Å². The number of benzene rings is 1. The number of anilines is 1. The molecule has 33 heavy (non-hydrogen) atoms. The summed E-state index contributed by atoms with van der Waals surface area (Å²) in [6, 6.07) is 8.31. The average molecular weight is 463 g/mol. The third kappa shape index (κ3) is 5.52. The van der Waals surface area contributed by atoms with Crippen LogP contribution in [0.3, 0.4) is 0 Å². The van der Waals surface area contributed by atoms with Crippen molar-refractivity contribution >= 4 is 28.7 Å². The zero-order valence-corrected chi connectivity index (χ0v) is 20.8. The van der Waals surface area contributed by atoms with E-state index in [0.717, 1.165) is 51.4 Å². The summed E-state index contributed by atoms with van der Waals surface area (Å²) in [5.74, 6) is 0. The predicted octanol–water partition coefficient (Wildman–Crippen LogP) is 5.63. The van der Waals surface area contributed by atoms with Crippen molar-refractivity contribution in [2.45, 2.75) is 33.4 Å². The number of hydrogen-bond donors (Lipinski definition) is 2. The lowest BCUT2D eigenvalue weighted by molar-refractivity contribution is 0.106. The van der Waals surface area contributed by atoms with E-state index in [2.05, 4.69) is 61.6 Å². The van der Waals surface area contributed by atoms with Crippen molar-refractivity contribution in [2.75, 3.05) is 25.0 Å². The predicted molar refractivity (Wildman–Crippen MR) is 144 cm³/mol. The van der Waals surface area contributed by atoms with Crippen molar-refractivity contribution in [3.63, 3.8) is 0 Å². The minimum absolute atomic E-state index is 0.489. The Morgan fingerprint density at radius 1 is 1.30 bits per heavy atom. The van der Waals surface area contributed by atoms with Crippen LogP contribution in [0.5, 0.6) is 0 Å². The average Bonchev–Trinajstić information content (AvgIpc) is 3.00. The van der Waals surface area contributed by atoms with Gasteiger partial charge in [0.2, 0.25) is 0 Å². The van der Waals surface area contributed by atoms with Crippen LogP contribution in [0, 0.1) is 0 Å². The molecule has 0 aromatic heterocycles. The van der Waals surface area contributed by atoms with Crippen molar-refractivity contribution in [2.24, 2.45) is 4.99 Å². The topological polar surface area (TPSA) is 51.1 Å². The van der Waals surface area contributed by atoms with Gasteiger partial charge in [-0.25, -0.2) is 4.99 Å². The van der Waals surface area contributed by atoms with Crippen molar-refractivity contribution < 1.29 is 5.11 Å². The molecule has 2 N–H and O–H groups in total. The summed E-state index contributed by atoms with van der Waals surface area (Å²) in [4.78, 5) is 9.93. The number of thioether (sulfide) groups is 1. The van der Waals surface area contributed by atoms with Crippen LogP contribution < -0.4 is 10.2 Å². The lowest BCUT2D eigenvalue weighted by Crippen LogP contribution is -2.35. The summed E-state index contributed by atoms with van der Waals surface area (Å²) in [6.45, 7) is 15.1. The van der Waals surface area contributed by atoms with Crippen LogP contribution in [0.15, 0.2) is 94.3 Å². The van der Waals surface area contributed by atoms with E-state index in [4.69, 9.17) is 4.99 Å². The molecule has 1 aromatic rings. The molecule has 0 amide bonds.